The molecule has 3 nitrogen and oxygen atoms in total. The monoisotopic (exact) mass is 232 g/mol. The summed E-state index contributed by atoms with van der Waals surface area (Å²) in [6.45, 7) is 5.79. The number of hydrogen-bond donors (Lipinski definition) is 1. The zero-order valence-corrected chi connectivity index (χ0v) is 10.7. The van der Waals surface area contributed by atoms with Crippen molar-refractivity contribution in [1.82, 2.24) is 0 Å². The second-order valence-electron chi connectivity index (χ2n) is 4.85. The minimum Gasteiger partial charge on any atom is -0.324 e. The summed E-state index contributed by atoms with van der Waals surface area (Å²) in [6.07, 6.45) is 1.87. The highest BCUT2D eigenvalue weighted by Gasteiger charge is 2.29. The summed E-state index contributed by atoms with van der Waals surface area (Å²) in [7, 11) is 0. The van der Waals surface area contributed by atoms with Gasteiger partial charge < -0.3 is 10.6 Å². The topological polar surface area (TPSA) is 46.3 Å². The van der Waals surface area contributed by atoms with Crippen molar-refractivity contribution in [2.45, 2.75) is 45.7 Å². The van der Waals surface area contributed by atoms with Gasteiger partial charge >= 0.3 is 0 Å². The predicted molar refractivity (Wildman–Crippen MR) is 70.0 cm³/mol. The van der Waals surface area contributed by atoms with Crippen LogP contribution in [-0.2, 0) is 11.2 Å². The van der Waals surface area contributed by atoms with Crippen molar-refractivity contribution < 1.29 is 4.79 Å². The van der Waals surface area contributed by atoms with Crippen LogP contribution in [0, 0.1) is 0 Å². The predicted octanol–water partition coefficient (Wildman–Crippen LogP) is 2.39. The van der Waals surface area contributed by atoms with Crippen LogP contribution in [-0.4, -0.2) is 11.9 Å². The number of hydrogen-bond acceptors (Lipinski definition) is 2. The number of fused-ring (bicyclic) bond motifs is 1. The Bertz CT molecular complexity index is 442. The van der Waals surface area contributed by atoms with E-state index in [1.807, 2.05) is 17.0 Å². The average Bonchev–Trinajstić information content (AvgIpc) is 2.62. The smallest absolute Gasteiger partial charge is 0.224 e. The molecule has 2 N–H and O–H groups in total. The van der Waals surface area contributed by atoms with E-state index in [1.165, 1.54) is 11.1 Å². The van der Waals surface area contributed by atoms with Crippen molar-refractivity contribution >= 4 is 11.6 Å². The molecule has 0 aromatic heterocycles. The summed E-state index contributed by atoms with van der Waals surface area (Å²) < 4.78 is 0. The van der Waals surface area contributed by atoms with E-state index in [-0.39, 0.29) is 18.0 Å². The number of rotatable bonds is 2. The van der Waals surface area contributed by atoms with E-state index < -0.39 is 0 Å². The highest BCUT2D eigenvalue weighted by atomic mass is 16.2. The molecule has 2 unspecified atom stereocenters. The Morgan fingerprint density at radius 1 is 1.59 bits per heavy atom. The van der Waals surface area contributed by atoms with E-state index in [0.717, 1.165) is 18.5 Å². The van der Waals surface area contributed by atoms with Crippen molar-refractivity contribution in [2.75, 3.05) is 4.90 Å². The van der Waals surface area contributed by atoms with Gasteiger partial charge in [-0.3, -0.25) is 4.79 Å². The van der Waals surface area contributed by atoms with Gasteiger partial charge in [-0.2, -0.15) is 0 Å². The molecular weight excluding hydrogens is 212 g/mol. The highest BCUT2D eigenvalue weighted by molar-refractivity contribution is 5.94. The maximum absolute atomic E-state index is 11.6. The van der Waals surface area contributed by atoms with Crippen LogP contribution in [0.3, 0.4) is 0 Å². The quantitative estimate of drug-likeness (QED) is 0.851. The molecule has 0 spiro atoms. The minimum absolute atomic E-state index is 0.0991. The van der Waals surface area contributed by atoms with Crippen LogP contribution in [0.4, 0.5) is 5.69 Å². The van der Waals surface area contributed by atoms with Gasteiger partial charge in [-0.15, -0.1) is 0 Å². The summed E-state index contributed by atoms with van der Waals surface area (Å²) in [4.78, 5) is 13.5. The van der Waals surface area contributed by atoms with Gasteiger partial charge in [0.05, 0.1) is 0 Å². The van der Waals surface area contributed by atoms with Gasteiger partial charge in [-0.05, 0) is 37.0 Å². The van der Waals surface area contributed by atoms with Gasteiger partial charge in [-0.1, -0.05) is 19.1 Å². The standard InChI is InChI=1S/C14H20N2O/c1-4-13(15)11-5-6-14-12(8-11)7-9(2)16(14)10(3)17/h5-6,8-9,13H,4,7,15H2,1-3H3. The van der Waals surface area contributed by atoms with E-state index in [1.54, 1.807) is 6.92 Å². The third-order valence-corrected chi connectivity index (χ3v) is 3.53. The third-order valence-electron chi connectivity index (χ3n) is 3.53. The van der Waals surface area contributed by atoms with Crippen molar-refractivity contribution in [3.63, 3.8) is 0 Å². The first-order valence-electron chi connectivity index (χ1n) is 6.22. The molecule has 1 amide bonds. The molecular formula is C14H20N2O. The second kappa shape index (κ2) is 4.49. The zero-order chi connectivity index (χ0) is 12.6. The molecule has 92 valence electrons. The largest absolute Gasteiger partial charge is 0.324 e. The summed E-state index contributed by atoms with van der Waals surface area (Å²) in [5, 5.41) is 0. The van der Waals surface area contributed by atoms with Gasteiger partial charge in [0, 0.05) is 24.7 Å². The molecule has 1 aromatic rings. The lowest BCUT2D eigenvalue weighted by Crippen LogP contribution is -2.33. The second-order valence-corrected chi connectivity index (χ2v) is 4.85. The SMILES string of the molecule is CCC(N)c1ccc2c(c1)CC(C)N2C(C)=O. The van der Waals surface area contributed by atoms with Crippen LogP contribution in [0.2, 0.25) is 0 Å². The zero-order valence-electron chi connectivity index (χ0n) is 10.7. The summed E-state index contributed by atoms with van der Waals surface area (Å²) in [5.74, 6) is 0.115. The first kappa shape index (κ1) is 12.1. The molecule has 0 aliphatic carbocycles. The highest BCUT2D eigenvalue weighted by Crippen LogP contribution is 2.34. The number of carbonyl (C=O) groups excluding carboxylic acids is 1. The van der Waals surface area contributed by atoms with Crippen LogP contribution in [0.1, 0.15) is 44.4 Å². The fourth-order valence-corrected chi connectivity index (χ4v) is 2.60. The normalized spacial score (nSPS) is 20.2. The van der Waals surface area contributed by atoms with E-state index in [9.17, 15) is 4.79 Å². The Labute approximate surface area is 103 Å². The maximum Gasteiger partial charge on any atom is 0.224 e. The lowest BCUT2D eigenvalue weighted by Gasteiger charge is -2.20. The first-order valence-corrected chi connectivity index (χ1v) is 6.22. The van der Waals surface area contributed by atoms with Crippen molar-refractivity contribution in [2.24, 2.45) is 5.73 Å². The Kier molecular flexibility index (Phi) is 3.20. The Hall–Kier alpha value is -1.35. The fourth-order valence-electron chi connectivity index (χ4n) is 2.60. The molecule has 1 aliphatic heterocycles. The van der Waals surface area contributed by atoms with Crippen LogP contribution in [0.25, 0.3) is 0 Å². The summed E-state index contributed by atoms with van der Waals surface area (Å²) in [5.41, 5.74) is 9.50. The molecule has 0 saturated carbocycles. The van der Waals surface area contributed by atoms with Crippen molar-refractivity contribution in [1.29, 1.82) is 0 Å². The van der Waals surface area contributed by atoms with Crippen LogP contribution in [0.5, 0.6) is 0 Å². The summed E-state index contributed by atoms with van der Waals surface area (Å²) in [6, 6.07) is 6.59. The molecule has 1 heterocycles. The molecule has 0 bridgehead atoms. The molecule has 2 atom stereocenters. The number of nitrogens with two attached hydrogens (primary N) is 1. The Morgan fingerprint density at radius 3 is 2.88 bits per heavy atom. The number of carbonyl (C=O) groups is 1. The molecule has 2 rings (SSSR count). The number of nitrogens with zero attached hydrogens (tertiary/aromatic N) is 1. The number of amides is 1. The number of benzene rings is 1. The van der Waals surface area contributed by atoms with E-state index in [0.29, 0.717) is 0 Å². The van der Waals surface area contributed by atoms with Gasteiger partial charge in [-0.25, -0.2) is 0 Å². The van der Waals surface area contributed by atoms with E-state index >= 15 is 0 Å². The average molecular weight is 232 g/mol. The molecule has 1 aromatic carbocycles. The van der Waals surface area contributed by atoms with Gasteiger partial charge in [0.1, 0.15) is 0 Å². The lowest BCUT2D eigenvalue weighted by molar-refractivity contribution is -0.116. The van der Waals surface area contributed by atoms with Crippen LogP contribution >= 0.6 is 0 Å². The maximum atomic E-state index is 11.6. The van der Waals surface area contributed by atoms with Crippen molar-refractivity contribution in [3.8, 4) is 0 Å². The van der Waals surface area contributed by atoms with Gasteiger partial charge in [0.15, 0.2) is 0 Å². The Balaban J connectivity index is 2.37. The Morgan fingerprint density at radius 2 is 2.29 bits per heavy atom. The molecule has 3 heteroatoms. The van der Waals surface area contributed by atoms with Crippen LogP contribution in [0.15, 0.2) is 18.2 Å². The third kappa shape index (κ3) is 2.07. The molecule has 0 radical (unpaired) electrons. The van der Waals surface area contributed by atoms with Gasteiger partial charge in [0.25, 0.3) is 0 Å². The first-order chi connectivity index (χ1) is 8.04. The van der Waals surface area contributed by atoms with Crippen LogP contribution < -0.4 is 10.6 Å². The fraction of sp³-hybridized carbons (Fsp3) is 0.500. The van der Waals surface area contributed by atoms with E-state index in [2.05, 4.69) is 19.9 Å². The lowest BCUT2D eigenvalue weighted by atomic mass is 10.0. The van der Waals surface area contributed by atoms with E-state index in [4.69, 9.17) is 5.73 Å². The minimum atomic E-state index is 0.0991. The van der Waals surface area contributed by atoms with Gasteiger partial charge in [0.2, 0.25) is 5.91 Å². The molecule has 0 saturated heterocycles. The molecule has 0 fully saturated rings. The summed E-state index contributed by atoms with van der Waals surface area (Å²) >= 11 is 0. The number of anilines is 1. The molecule has 17 heavy (non-hydrogen) atoms. The van der Waals surface area contributed by atoms with Crippen molar-refractivity contribution in [3.05, 3.63) is 29.3 Å². The molecule has 1 aliphatic rings.